The summed E-state index contributed by atoms with van der Waals surface area (Å²) in [6, 6.07) is 29.6. The van der Waals surface area contributed by atoms with Gasteiger partial charge in [0, 0.05) is 6.54 Å². The van der Waals surface area contributed by atoms with Crippen molar-refractivity contribution in [2.75, 3.05) is 17.0 Å². The number of anilines is 2. The molecule has 0 atom stereocenters. The van der Waals surface area contributed by atoms with E-state index in [4.69, 9.17) is 0 Å². The molecule has 0 radical (unpaired) electrons. The minimum Gasteiger partial charge on any atom is -0.298 e. The summed E-state index contributed by atoms with van der Waals surface area (Å²) in [5, 5.41) is 2.22. The second kappa shape index (κ2) is 8.21. The van der Waals surface area contributed by atoms with E-state index >= 15 is 0 Å². The van der Waals surface area contributed by atoms with E-state index in [1.807, 2.05) is 6.07 Å². The molecule has 0 saturated carbocycles. The monoisotopic (exact) mass is 316 g/mol. The molecule has 3 aromatic carbocycles. The molecule has 2 heteroatoms. The van der Waals surface area contributed by atoms with Crippen molar-refractivity contribution in [1.29, 1.82) is 0 Å². The molecule has 0 bridgehead atoms. The van der Waals surface area contributed by atoms with Crippen molar-refractivity contribution in [3.8, 4) is 11.1 Å². The van der Waals surface area contributed by atoms with Gasteiger partial charge >= 0.3 is 0 Å². The van der Waals surface area contributed by atoms with Crippen LogP contribution < -0.4 is 10.4 Å². The average Bonchev–Trinajstić information content (AvgIpc) is 2.67. The summed E-state index contributed by atoms with van der Waals surface area (Å²) in [6.45, 7) is 3.21. The highest BCUT2D eigenvalue weighted by atomic mass is 15.5. The van der Waals surface area contributed by atoms with E-state index in [0.29, 0.717) is 0 Å². The molecule has 3 aromatic rings. The summed E-state index contributed by atoms with van der Waals surface area (Å²) in [6.07, 6.45) is 2.34. The minimum atomic E-state index is 0.987. The number of nitrogens with one attached hydrogen (secondary N) is 1. The average molecular weight is 316 g/mol. The highest BCUT2D eigenvalue weighted by Gasteiger charge is 2.06. The zero-order chi connectivity index (χ0) is 16.6. The predicted octanol–water partition coefficient (Wildman–Crippen LogP) is 5.99. The van der Waals surface area contributed by atoms with Crippen LogP contribution in [0.15, 0.2) is 84.9 Å². The van der Waals surface area contributed by atoms with Gasteiger partial charge in [0.2, 0.25) is 0 Å². The minimum absolute atomic E-state index is 0.987. The SMILES string of the molecule is CCCCN(Nc1ccc(-c2ccccc2)cc1)c1ccccc1. The van der Waals surface area contributed by atoms with Gasteiger partial charge in [-0.25, -0.2) is 0 Å². The molecule has 1 N–H and O–H groups in total. The Labute approximate surface area is 144 Å². The summed E-state index contributed by atoms with van der Waals surface area (Å²) < 4.78 is 0. The van der Waals surface area contributed by atoms with Crippen LogP contribution in [0, 0.1) is 0 Å². The Bertz CT molecular complexity index is 721. The molecule has 24 heavy (non-hydrogen) atoms. The molecule has 0 spiro atoms. The van der Waals surface area contributed by atoms with Crippen LogP contribution in [0.2, 0.25) is 0 Å². The Balaban J connectivity index is 1.75. The van der Waals surface area contributed by atoms with Gasteiger partial charge in [-0.2, -0.15) is 0 Å². The van der Waals surface area contributed by atoms with Gasteiger partial charge in [0.15, 0.2) is 0 Å². The molecule has 0 aliphatic heterocycles. The molecular weight excluding hydrogens is 292 g/mol. The Hall–Kier alpha value is -2.74. The van der Waals surface area contributed by atoms with Gasteiger partial charge in [-0.05, 0) is 41.8 Å². The van der Waals surface area contributed by atoms with E-state index in [1.165, 1.54) is 23.2 Å². The van der Waals surface area contributed by atoms with E-state index < -0.39 is 0 Å². The number of para-hydroxylation sites is 1. The highest BCUT2D eigenvalue weighted by Crippen LogP contribution is 2.22. The fourth-order valence-electron chi connectivity index (χ4n) is 2.70. The summed E-state index contributed by atoms with van der Waals surface area (Å²) in [7, 11) is 0. The van der Waals surface area contributed by atoms with E-state index in [0.717, 1.165) is 18.7 Å². The number of rotatable bonds is 7. The van der Waals surface area contributed by atoms with Gasteiger partial charge in [0.05, 0.1) is 11.4 Å². The van der Waals surface area contributed by atoms with Gasteiger partial charge in [0.1, 0.15) is 0 Å². The number of benzene rings is 3. The maximum absolute atomic E-state index is 3.54. The topological polar surface area (TPSA) is 15.3 Å². The lowest BCUT2D eigenvalue weighted by Crippen LogP contribution is -2.30. The Morgan fingerprint density at radius 2 is 1.29 bits per heavy atom. The molecule has 2 nitrogen and oxygen atoms in total. The van der Waals surface area contributed by atoms with E-state index in [-0.39, 0.29) is 0 Å². The van der Waals surface area contributed by atoms with Crippen LogP contribution in [-0.4, -0.2) is 6.54 Å². The van der Waals surface area contributed by atoms with Gasteiger partial charge in [-0.1, -0.05) is 74.0 Å². The first kappa shape index (κ1) is 16.1. The van der Waals surface area contributed by atoms with Crippen LogP contribution in [0.25, 0.3) is 11.1 Å². The maximum Gasteiger partial charge on any atom is 0.0571 e. The third-order valence-corrected chi connectivity index (χ3v) is 4.06. The van der Waals surface area contributed by atoms with Crippen LogP contribution in [0.5, 0.6) is 0 Å². The molecule has 0 saturated heterocycles. The molecule has 0 heterocycles. The van der Waals surface area contributed by atoms with E-state index in [9.17, 15) is 0 Å². The van der Waals surface area contributed by atoms with Crippen molar-refractivity contribution < 1.29 is 0 Å². The number of hydrogen-bond acceptors (Lipinski definition) is 2. The fraction of sp³-hybridized carbons (Fsp3) is 0.182. The number of hydrazine groups is 1. The first-order valence-electron chi connectivity index (χ1n) is 8.61. The lowest BCUT2D eigenvalue weighted by Gasteiger charge is -2.26. The fourth-order valence-corrected chi connectivity index (χ4v) is 2.70. The molecular formula is C22H24N2. The Morgan fingerprint density at radius 1 is 0.708 bits per heavy atom. The summed E-state index contributed by atoms with van der Waals surface area (Å²) in [5.74, 6) is 0. The first-order valence-corrected chi connectivity index (χ1v) is 8.61. The third-order valence-electron chi connectivity index (χ3n) is 4.06. The molecule has 0 unspecified atom stereocenters. The van der Waals surface area contributed by atoms with Crippen molar-refractivity contribution in [3.63, 3.8) is 0 Å². The summed E-state index contributed by atoms with van der Waals surface area (Å²) in [5.41, 5.74) is 8.32. The molecule has 0 fully saturated rings. The van der Waals surface area contributed by atoms with Crippen LogP contribution in [0.3, 0.4) is 0 Å². The molecule has 0 aromatic heterocycles. The second-order valence-electron chi connectivity index (χ2n) is 5.90. The Kier molecular flexibility index (Phi) is 5.52. The van der Waals surface area contributed by atoms with Crippen molar-refractivity contribution in [1.82, 2.24) is 0 Å². The van der Waals surface area contributed by atoms with Crippen molar-refractivity contribution in [2.45, 2.75) is 19.8 Å². The van der Waals surface area contributed by atoms with Crippen LogP contribution in [0.1, 0.15) is 19.8 Å². The summed E-state index contributed by atoms with van der Waals surface area (Å²) in [4.78, 5) is 0. The molecule has 3 rings (SSSR count). The number of hydrogen-bond donors (Lipinski definition) is 1. The zero-order valence-electron chi connectivity index (χ0n) is 14.2. The van der Waals surface area contributed by atoms with Crippen molar-refractivity contribution in [2.24, 2.45) is 0 Å². The Morgan fingerprint density at radius 3 is 1.92 bits per heavy atom. The number of nitrogens with zero attached hydrogens (tertiary/aromatic N) is 1. The number of unbranched alkanes of at least 4 members (excludes halogenated alkanes) is 1. The van der Waals surface area contributed by atoms with E-state index in [1.54, 1.807) is 0 Å². The van der Waals surface area contributed by atoms with Crippen molar-refractivity contribution >= 4 is 11.4 Å². The lowest BCUT2D eigenvalue weighted by atomic mass is 10.1. The van der Waals surface area contributed by atoms with Crippen molar-refractivity contribution in [3.05, 3.63) is 84.9 Å². The maximum atomic E-state index is 3.54. The lowest BCUT2D eigenvalue weighted by molar-refractivity contribution is 0.761. The van der Waals surface area contributed by atoms with Crippen LogP contribution in [-0.2, 0) is 0 Å². The van der Waals surface area contributed by atoms with Crippen LogP contribution >= 0.6 is 0 Å². The zero-order valence-corrected chi connectivity index (χ0v) is 14.2. The largest absolute Gasteiger partial charge is 0.298 e. The standard InChI is InChI=1S/C22H24N2/c1-2-3-18-24(22-12-8-5-9-13-22)23-21-16-14-20(15-17-21)19-10-6-4-7-11-19/h4-17,23H,2-3,18H2,1H3. The first-order chi connectivity index (χ1) is 11.9. The normalized spacial score (nSPS) is 10.4. The smallest absolute Gasteiger partial charge is 0.0571 e. The van der Waals surface area contributed by atoms with Gasteiger partial charge in [-0.3, -0.25) is 10.4 Å². The summed E-state index contributed by atoms with van der Waals surface area (Å²) >= 11 is 0. The van der Waals surface area contributed by atoms with Gasteiger partial charge in [0.25, 0.3) is 0 Å². The second-order valence-corrected chi connectivity index (χ2v) is 5.90. The van der Waals surface area contributed by atoms with Gasteiger partial charge in [-0.15, -0.1) is 0 Å². The molecule has 122 valence electrons. The van der Waals surface area contributed by atoms with E-state index in [2.05, 4.69) is 96.2 Å². The molecule has 0 amide bonds. The predicted molar refractivity (Wildman–Crippen MR) is 104 cm³/mol. The van der Waals surface area contributed by atoms with Crippen LogP contribution in [0.4, 0.5) is 11.4 Å². The molecule has 0 aliphatic carbocycles. The molecule has 0 aliphatic rings. The third kappa shape index (κ3) is 4.17. The highest BCUT2D eigenvalue weighted by molar-refractivity contribution is 5.66. The quantitative estimate of drug-likeness (QED) is 0.539. The van der Waals surface area contributed by atoms with Gasteiger partial charge < -0.3 is 0 Å².